The van der Waals surface area contributed by atoms with Gasteiger partial charge in [-0.2, -0.15) is 0 Å². The molecule has 58 valence electrons. The molecule has 0 aliphatic rings. The van der Waals surface area contributed by atoms with Crippen LogP contribution in [0.25, 0.3) is 0 Å². The summed E-state index contributed by atoms with van der Waals surface area (Å²) in [6, 6.07) is 0. The normalized spacial score (nSPS) is 14.4. The molecule has 0 heterocycles. The minimum Gasteiger partial charge on any atom is -0.333 e. The molecule has 0 saturated heterocycles. The van der Waals surface area contributed by atoms with E-state index in [1.807, 2.05) is 13.8 Å². The Balaban J connectivity index is 3.58. The average molecular weight is 171 g/mol. The van der Waals surface area contributed by atoms with Crippen molar-refractivity contribution in [2.24, 2.45) is 0 Å². The van der Waals surface area contributed by atoms with Gasteiger partial charge >= 0.3 is 0 Å². The third-order valence-electron chi connectivity index (χ3n) is 0.716. The SMILES string of the molecule is CC(C)OS(C)(C)CCl. The number of hydrogen-bond acceptors (Lipinski definition) is 1. The fourth-order valence-corrected chi connectivity index (χ4v) is 1.79. The van der Waals surface area contributed by atoms with Crippen LogP contribution in [0.5, 0.6) is 0 Å². The molecule has 0 aromatic heterocycles. The molecule has 0 radical (unpaired) electrons. The van der Waals surface area contributed by atoms with Crippen molar-refractivity contribution in [3.8, 4) is 0 Å². The molecule has 0 aromatic carbocycles. The van der Waals surface area contributed by atoms with Crippen molar-refractivity contribution in [3.63, 3.8) is 0 Å². The Morgan fingerprint density at radius 3 is 2.00 bits per heavy atom. The average Bonchev–Trinajstić information content (AvgIpc) is 1.63. The van der Waals surface area contributed by atoms with E-state index in [0.717, 1.165) is 0 Å². The standard InChI is InChI=1S/C6H15ClOS/c1-6(2)8-9(3,4)5-7/h6H,5H2,1-4H3. The predicted octanol–water partition coefficient (Wildman–Crippen LogP) is 2.59. The summed E-state index contributed by atoms with van der Waals surface area (Å²) < 4.78 is 5.54. The molecule has 0 spiro atoms. The van der Waals surface area contributed by atoms with Gasteiger partial charge in [-0.1, -0.05) is 0 Å². The molecule has 0 aliphatic heterocycles. The third-order valence-corrected chi connectivity index (χ3v) is 3.72. The lowest BCUT2D eigenvalue weighted by Gasteiger charge is -2.30. The van der Waals surface area contributed by atoms with Crippen LogP contribution in [0.3, 0.4) is 0 Å². The van der Waals surface area contributed by atoms with E-state index in [9.17, 15) is 0 Å². The van der Waals surface area contributed by atoms with Crippen LogP contribution in [0.1, 0.15) is 13.8 Å². The molecule has 0 rings (SSSR count). The lowest BCUT2D eigenvalue weighted by atomic mass is 10.5. The lowest BCUT2D eigenvalue weighted by molar-refractivity contribution is 0.278. The quantitative estimate of drug-likeness (QED) is 0.592. The first-order valence-electron chi connectivity index (χ1n) is 2.93. The van der Waals surface area contributed by atoms with E-state index < -0.39 is 10.3 Å². The summed E-state index contributed by atoms with van der Waals surface area (Å²) >= 11 is 5.65. The van der Waals surface area contributed by atoms with Crippen LogP contribution in [0.2, 0.25) is 0 Å². The molecule has 0 saturated carbocycles. The van der Waals surface area contributed by atoms with Gasteiger partial charge in [0.25, 0.3) is 0 Å². The van der Waals surface area contributed by atoms with Crippen LogP contribution < -0.4 is 0 Å². The van der Waals surface area contributed by atoms with Crippen molar-refractivity contribution in [2.75, 3.05) is 17.7 Å². The van der Waals surface area contributed by atoms with E-state index >= 15 is 0 Å². The number of hydrogen-bond donors (Lipinski definition) is 0. The number of halogens is 1. The fourth-order valence-electron chi connectivity index (χ4n) is 0.547. The summed E-state index contributed by atoms with van der Waals surface area (Å²) in [6.07, 6.45) is 4.44. The summed E-state index contributed by atoms with van der Waals surface area (Å²) in [5.74, 6) is 0. The molecular formula is C6H15ClOS. The highest BCUT2D eigenvalue weighted by Crippen LogP contribution is 2.42. The molecule has 0 N–H and O–H groups in total. The second kappa shape index (κ2) is 3.69. The van der Waals surface area contributed by atoms with E-state index in [1.165, 1.54) is 0 Å². The van der Waals surface area contributed by atoms with Gasteiger partial charge in [0.1, 0.15) is 0 Å². The Labute approximate surface area is 64.2 Å². The van der Waals surface area contributed by atoms with Crippen molar-refractivity contribution >= 4 is 21.9 Å². The number of rotatable bonds is 3. The maximum Gasteiger partial charge on any atom is 0.0731 e. The van der Waals surface area contributed by atoms with Crippen molar-refractivity contribution in [3.05, 3.63) is 0 Å². The van der Waals surface area contributed by atoms with Gasteiger partial charge in [-0.25, -0.2) is 0 Å². The van der Waals surface area contributed by atoms with E-state index in [2.05, 4.69) is 12.5 Å². The van der Waals surface area contributed by atoms with E-state index in [1.54, 1.807) is 0 Å². The molecule has 0 atom stereocenters. The molecule has 1 nitrogen and oxygen atoms in total. The minimum absolute atomic E-state index is 0.300. The van der Waals surface area contributed by atoms with Gasteiger partial charge in [0.05, 0.1) is 11.3 Å². The smallest absolute Gasteiger partial charge is 0.0731 e. The first kappa shape index (κ1) is 9.60. The van der Waals surface area contributed by atoms with Crippen LogP contribution in [0, 0.1) is 0 Å². The largest absolute Gasteiger partial charge is 0.333 e. The highest BCUT2D eigenvalue weighted by molar-refractivity contribution is 8.29. The van der Waals surface area contributed by atoms with Gasteiger partial charge < -0.3 is 4.18 Å². The Kier molecular flexibility index (Phi) is 3.94. The van der Waals surface area contributed by atoms with Crippen LogP contribution >= 0.6 is 21.9 Å². The molecule has 3 heteroatoms. The highest BCUT2D eigenvalue weighted by atomic mass is 35.5. The zero-order valence-electron chi connectivity index (χ0n) is 6.48. The first-order valence-corrected chi connectivity index (χ1v) is 6.01. The molecule has 0 bridgehead atoms. The van der Waals surface area contributed by atoms with Crippen LogP contribution in [0.15, 0.2) is 0 Å². The monoisotopic (exact) mass is 170 g/mol. The number of alkyl halides is 1. The fraction of sp³-hybridized carbons (Fsp3) is 1.00. The maximum absolute atomic E-state index is 5.65. The summed E-state index contributed by atoms with van der Waals surface area (Å²) in [5, 5.41) is 0.630. The van der Waals surface area contributed by atoms with Gasteiger partial charge in [-0.05, 0) is 26.4 Å². The molecule has 9 heavy (non-hydrogen) atoms. The predicted molar refractivity (Wildman–Crippen MR) is 46.4 cm³/mol. The molecule has 0 amide bonds. The third kappa shape index (κ3) is 5.07. The summed E-state index contributed by atoms with van der Waals surface area (Å²) in [5.41, 5.74) is 0. The molecule has 0 unspecified atom stereocenters. The molecule has 0 aromatic rings. The van der Waals surface area contributed by atoms with Crippen molar-refractivity contribution in [1.82, 2.24) is 0 Å². The second-order valence-corrected chi connectivity index (χ2v) is 6.63. The van der Waals surface area contributed by atoms with Crippen LogP contribution in [-0.2, 0) is 4.18 Å². The van der Waals surface area contributed by atoms with Gasteiger partial charge in [-0.15, -0.1) is 21.9 Å². The summed E-state index contributed by atoms with van der Waals surface area (Å²) in [7, 11) is -0.953. The van der Waals surface area contributed by atoms with Crippen molar-refractivity contribution in [1.29, 1.82) is 0 Å². The Morgan fingerprint density at radius 1 is 1.44 bits per heavy atom. The highest BCUT2D eigenvalue weighted by Gasteiger charge is 2.11. The van der Waals surface area contributed by atoms with Gasteiger partial charge in [0.15, 0.2) is 0 Å². The van der Waals surface area contributed by atoms with Gasteiger partial charge in [0.2, 0.25) is 0 Å². The zero-order chi connectivity index (χ0) is 7.49. The minimum atomic E-state index is -0.953. The van der Waals surface area contributed by atoms with Crippen molar-refractivity contribution < 1.29 is 4.18 Å². The summed E-state index contributed by atoms with van der Waals surface area (Å²) in [6.45, 7) is 4.06. The first-order chi connectivity index (χ1) is 3.98. The maximum atomic E-state index is 5.65. The lowest BCUT2D eigenvalue weighted by Crippen LogP contribution is -2.08. The van der Waals surface area contributed by atoms with Crippen LogP contribution in [-0.4, -0.2) is 23.8 Å². The van der Waals surface area contributed by atoms with Gasteiger partial charge in [0, 0.05) is 0 Å². The molecular weight excluding hydrogens is 156 g/mol. The van der Waals surface area contributed by atoms with E-state index in [4.69, 9.17) is 15.8 Å². The Bertz CT molecular complexity index is 83.1. The van der Waals surface area contributed by atoms with E-state index in [-0.39, 0.29) is 0 Å². The van der Waals surface area contributed by atoms with E-state index in [0.29, 0.717) is 11.3 Å². The summed E-state index contributed by atoms with van der Waals surface area (Å²) in [4.78, 5) is 0. The molecule has 0 aliphatic carbocycles. The Morgan fingerprint density at radius 2 is 1.89 bits per heavy atom. The molecule has 0 fully saturated rings. The zero-order valence-corrected chi connectivity index (χ0v) is 8.05. The van der Waals surface area contributed by atoms with Gasteiger partial charge in [-0.3, -0.25) is 0 Å². The second-order valence-electron chi connectivity index (χ2n) is 2.69. The van der Waals surface area contributed by atoms with Crippen LogP contribution in [0.4, 0.5) is 0 Å². The Hall–Kier alpha value is 0.600. The van der Waals surface area contributed by atoms with Crippen molar-refractivity contribution in [2.45, 2.75) is 20.0 Å². The topological polar surface area (TPSA) is 9.23 Å².